The number of esters is 1. The Hall–Kier alpha value is -2.13. The van der Waals surface area contributed by atoms with Gasteiger partial charge in [0, 0.05) is 22.0 Å². The second kappa shape index (κ2) is 10.9. The molecule has 1 unspecified atom stereocenters. The molecule has 10 heteroatoms. The fourth-order valence-corrected chi connectivity index (χ4v) is 6.18. The average Bonchev–Trinajstić information content (AvgIpc) is 2.79. The number of rotatable bonds is 8. The highest BCUT2D eigenvalue weighted by Gasteiger charge is 2.52. The van der Waals surface area contributed by atoms with Gasteiger partial charge in [-0.25, -0.2) is 0 Å². The maximum absolute atomic E-state index is 14.1. The second-order valence-electron chi connectivity index (χ2n) is 9.20. The third-order valence-electron chi connectivity index (χ3n) is 6.62. The normalized spacial score (nSPS) is 23.7. The number of amides is 1. The predicted molar refractivity (Wildman–Crippen MR) is 135 cm³/mol. The van der Waals surface area contributed by atoms with E-state index in [-0.39, 0.29) is 24.7 Å². The highest BCUT2D eigenvalue weighted by molar-refractivity contribution is 7.85. The molecule has 1 N–H and O–H groups in total. The highest BCUT2D eigenvalue weighted by Crippen LogP contribution is 2.52. The van der Waals surface area contributed by atoms with E-state index in [0.29, 0.717) is 16.5 Å². The van der Waals surface area contributed by atoms with Crippen molar-refractivity contribution in [3.63, 3.8) is 0 Å². The lowest BCUT2D eigenvalue weighted by Crippen LogP contribution is -2.57. The molecule has 0 aliphatic carbocycles. The van der Waals surface area contributed by atoms with Crippen molar-refractivity contribution in [3.8, 4) is 0 Å². The molecule has 0 bridgehead atoms. The Morgan fingerprint density at radius 3 is 2.37 bits per heavy atom. The van der Waals surface area contributed by atoms with E-state index in [1.54, 1.807) is 44.2 Å². The summed E-state index contributed by atoms with van der Waals surface area (Å²) < 4.78 is 38.4. The molecule has 190 valence electrons. The summed E-state index contributed by atoms with van der Waals surface area (Å²) >= 11 is 12.4. The molecule has 1 aliphatic heterocycles. The molecule has 1 amide bonds. The first kappa shape index (κ1) is 27.5. The lowest BCUT2D eigenvalue weighted by molar-refractivity contribution is -0.161. The number of benzene rings is 2. The molecule has 0 radical (unpaired) electrons. The molecule has 35 heavy (non-hydrogen) atoms. The molecule has 2 aromatic carbocycles. The summed E-state index contributed by atoms with van der Waals surface area (Å²) in [7, 11) is -3.14. The van der Waals surface area contributed by atoms with E-state index >= 15 is 0 Å². The van der Waals surface area contributed by atoms with Crippen molar-refractivity contribution in [2.24, 2.45) is 5.41 Å². The van der Waals surface area contributed by atoms with Gasteiger partial charge in [-0.1, -0.05) is 61.3 Å². The molecule has 1 aliphatic rings. The van der Waals surface area contributed by atoms with Crippen LogP contribution >= 0.6 is 23.2 Å². The summed E-state index contributed by atoms with van der Waals surface area (Å²) in [6.45, 7) is 3.44. The predicted octanol–water partition coefficient (Wildman–Crippen LogP) is 5.29. The van der Waals surface area contributed by atoms with Crippen LogP contribution in [-0.2, 0) is 24.4 Å². The van der Waals surface area contributed by atoms with E-state index in [1.807, 2.05) is 18.2 Å². The van der Waals surface area contributed by atoms with E-state index in [1.165, 1.54) is 12.0 Å². The SMILES string of the molecule is CCC(CS(=O)(=O)O)N1C(=O)[C@@](C)(CC(=O)OC)C[C@H](c2cccc(Cl)c2)[C@H]1c1ccc(Cl)cc1. The third kappa shape index (κ3) is 6.36. The van der Waals surface area contributed by atoms with Gasteiger partial charge in [-0.05, 0) is 48.2 Å². The van der Waals surface area contributed by atoms with Gasteiger partial charge in [0.25, 0.3) is 10.1 Å². The summed E-state index contributed by atoms with van der Waals surface area (Å²) in [5, 5.41) is 1.03. The number of piperidine rings is 1. The summed E-state index contributed by atoms with van der Waals surface area (Å²) in [5.74, 6) is -1.89. The van der Waals surface area contributed by atoms with Crippen molar-refractivity contribution >= 4 is 45.2 Å². The molecule has 4 atom stereocenters. The van der Waals surface area contributed by atoms with Gasteiger partial charge in [-0.2, -0.15) is 8.42 Å². The zero-order valence-corrected chi connectivity index (χ0v) is 22.1. The summed E-state index contributed by atoms with van der Waals surface area (Å²) in [4.78, 5) is 27.9. The molecule has 2 aromatic rings. The van der Waals surface area contributed by atoms with Crippen LogP contribution in [0.25, 0.3) is 0 Å². The second-order valence-corrected chi connectivity index (χ2v) is 11.6. The largest absolute Gasteiger partial charge is 0.469 e. The number of hydrogen-bond acceptors (Lipinski definition) is 5. The van der Waals surface area contributed by atoms with Crippen LogP contribution in [0.4, 0.5) is 0 Å². The molecule has 7 nitrogen and oxygen atoms in total. The summed E-state index contributed by atoms with van der Waals surface area (Å²) in [6.07, 6.45) is 0.394. The minimum atomic E-state index is -4.40. The minimum absolute atomic E-state index is 0.175. The number of carbonyl (C=O) groups excluding carboxylic acids is 2. The van der Waals surface area contributed by atoms with E-state index < -0.39 is 39.3 Å². The van der Waals surface area contributed by atoms with Gasteiger partial charge < -0.3 is 9.64 Å². The number of hydrogen-bond donors (Lipinski definition) is 1. The van der Waals surface area contributed by atoms with Gasteiger partial charge in [0.2, 0.25) is 5.91 Å². The molecule has 3 rings (SSSR count). The molecule has 0 aromatic heterocycles. The molecule has 1 fully saturated rings. The number of ether oxygens (including phenoxy) is 1. The number of nitrogens with zero attached hydrogens (tertiary/aromatic N) is 1. The van der Waals surface area contributed by atoms with Crippen LogP contribution in [0.3, 0.4) is 0 Å². The zero-order chi connectivity index (χ0) is 26.0. The Morgan fingerprint density at radius 2 is 1.83 bits per heavy atom. The number of carbonyl (C=O) groups is 2. The van der Waals surface area contributed by atoms with Gasteiger partial charge in [-0.15, -0.1) is 0 Å². The first-order chi connectivity index (χ1) is 16.4. The lowest BCUT2D eigenvalue weighted by atomic mass is 9.67. The van der Waals surface area contributed by atoms with Crippen molar-refractivity contribution in [3.05, 3.63) is 69.7 Å². The molecular weight excluding hydrogens is 513 g/mol. The fraction of sp³-hybridized carbons (Fsp3) is 0.440. The molecular formula is C25H29Cl2NO6S. The molecule has 0 spiro atoms. The molecule has 1 saturated heterocycles. The van der Waals surface area contributed by atoms with Gasteiger partial charge in [0.1, 0.15) is 0 Å². The fourth-order valence-electron chi connectivity index (χ4n) is 4.98. The average molecular weight is 542 g/mol. The van der Waals surface area contributed by atoms with Gasteiger partial charge in [0.15, 0.2) is 0 Å². The Morgan fingerprint density at radius 1 is 1.17 bits per heavy atom. The van der Waals surface area contributed by atoms with Crippen LogP contribution in [0.2, 0.25) is 10.0 Å². The first-order valence-electron chi connectivity index (χ1n) is 11.2. The van der Waals surface area contributed by atoms with Gasteiger partial charge in [-0.3, -0.25) is 14.1 Å². The van der Waals surface area contributed by atoms with E-state index in [2.05, 4.69) is 0 Å². The smallest absolute Gasteiger partial charge is 0.306 e. The zero-order valence-electron chi connectivity index (χ0n) is 19.8. The highest BCUT2D eigenvalue weighted by atomic mass is 35.5. The van der Waals surface area contributed by atoms with Crippen LogP contribution in [-0.4, -0.2) is 48.7 Å². The minimum Gasteiger partial charge on any atom is -0.469 e. The van der Waals surface area contributed by atoms with Crippen molar-refractivity contribution < 1.29 is 27.3 Å². The maximum atomic E-state index is 14.1. The monoisotopic (exact) mass is 541 g/mol. The summed E-state index contributed by atoms with van der Waals surface area (Å²) in [6, 6.07) is 12.9. The van der Waals surface area contributed by atoms with Gasteiger partial charge >= 0.3 is 5.97 Å². The lowest BCUT2D eigenvalue weighted by Gasteiger charge is -2.51. The van der Waals surface area contributed by atoms with Crippen LogP contribution in [0, 0.1) is 5.41 Å². The van der Waals surface area contributed by atoms with Crippen molar-refractivity contribution in [2.75, 3.05) is 12.9 Å². The first-order valence-corrected chi connectivity index (χ1v) is 13.6. The third-order valence-corrected chi connectivity index (χ3v) is 7.91. The summed E-state index contributed by atoms with van der Waals surface area (Å²) in [5.41, 5.74) is 0.421. The van der Waals surface area contributed by atoms with E-state index in [0.717, 1.165) is 11.1 Å². The van der Waals surface area contributed by atoms with Gasteiger partial charge in [0.05, 0.1) is 30.7 Å². The van der Waals surface area contributed by atoms with Crippen molar-refractivity contribution in [1.82, 2.24) is 4.90 Å². The quantitative estimate of drug-likeness (QED) is 0.360. The number of halogens is 2. The Kier molecular flexibility index (Phi) is 8.52. The standard InChI is InChI=1S/C25H29Cl2NO6S/c1-4-20(15-35(31,32)33)28-23(16-8-10-18(26)11-9-16)21(17-6-5-7-19(27)12-17)13-25(2,24(28)30)14-22(29)34-3/h5-12,20-21,23H,4,13-15H2,1-3H3,(H,31,32,33)/t20?,21-,23-,25-/m1/s1. The van der Waals surface area contributed by atoms with Crippen LogP contribution < -0.4 is 0 Å². The number of methoxy groups -OCH3 is 1. The maximum Gasteiger partial charge on any atom is 0.306 e. The van der Waals surface area contributed by atoms with Crippen molar-refractivity contribution in [1.29, 1.82) is 0 Å². The Labute approximate surface area is 216 Å². The van der Waals surface area contributed by atoms with Crippen LogP contribution in [0.15, 0.2) is 48.5 Å². The molecule has 0 saturated carbocycles. The van der Waals surface area contributed by atoms with Crippen LogP contribution in [0.1, 0.15) is 56.2 Å². The van der Waals surface area contributed by atoms with E-state index in [4.69, 9.17) is 27.9 Å². The topological polar surface area (TPSA) is 101 Å². The Bertz CT molecular complexity index is 1190. The molecule has 1 heterocycles. The Balaban J connectivity index is 2.26. The van der Waals surface area contributed by atoms with E-state index in [9.17, 15) is 22.6 Å². The van der Waals surface area contributed by atoms with Crippen molar-refractivity contribution in [2.45, 2.75) is 51.1 Å². The van der Waals surface area contributed by atoms with Crippen LogP contribution in [0.5, 0.6) is 0 Å². The number of likely N-dealkylation sites (tertiary alicyclic amines) is 1.